The molecule has 2 bridgehead atoms. The molecule has 2 saturated heterocycles. The molecule has 2 aliphatic rings. The molecule has 110 valence electrons. The number of fused-ring (bicyclic) bond motifs is 2. The first kappa shape index (κ1) is 14.4. The van der Waals surface area contributed by atoms with E-state index in [-0.39, 0.29) is 0 Å². The molecule has 2 fully saturated rings. The van der Waals surface area contributed by atoms with E-state index < -0.39 is 0 Å². The Balaban J connectivity index is 1.41. The van der Waals surface area contributed by atoms with E-state index in [1.54, 1.807) is 0 Å². The zero-order chi connectivity index (χ0) is 13.9. The summed E-state index contributed by atoms with van der Waals surface area (Å²) in [6.45, 7) is 6.19. The molecule has 2 atom stereocenters. The van der Waals surface area contributed by atoms with Crippen LogP contribution in [-0.2, 0) is 4.74 Å². The largest absolute Gasteiger partial charge is 0.493 e. The summed E-state index contributed by atoms with van der Waals surface area (Å²) in [5.41, 5.74) is 1.18. The van der Waals surface area contributed by atoms with Crippen LogP contribution in [0.1, 0.15) is 24.8 Å². The first-order chi connectivity index (χ1) is 9.72. The maximum absolute atomic E-state index is 5.89. The van der Waals surface area contributed by atoms with Crippen molar-refractivity contribution in [3.05, 3.63) is 28.2 Å². The Morgan fingerprint density at radius 2 is 2.05 bits per heavy atom. The van der Waals surface area contributed by atoms with Gasteiger partial charge in [0.05, 0.1) is 18.8 Å². The summed E-state index contributed by atoms with van der Waals surface area (Å²) in [4.78, 5) is 2.53. The number of hydrogen-bond donors (Lipinski definition) is 0. The van der Waals surface area contributed by atoms with Crippen LogP contribution in [-0.4, -0.2) is 43.3 Å². The van der Waals surface area contributed by atoms with Crippen LogP contribution in [0.15, 0.2) is 22.7 Å². The first-order valence-corrected chi connectivity index (χ1v) is 8.27. The highest BCUT2D eigenvalue weighted by molar-refractivity contribution is 9.10. The van der Waals surface area contributed by atoms with Gasteiger partial charge in [-0.1, -0.05) is 22.0 Å². The summed E-state index contributed by atoms with van der Waals surface area (Å²) in [6, 6.07) is 6.10. The second kappa shape index (κ2) is 6.46. The van der Waals surface area contributed by atoms with Gasteiger partial charge in [-0.3, -0.25) is 4.90 Å². The minimum absolute atomic E-state index is 0.488. The second-order valence-corrected chi connectivity index (χ2v) is 6.64. The number of likely N-dealkylation sites (tertiary alicyclic amines) is 1. The van der Waals surface area contributed by atoms with Gasteiger partial charge in [0.2, 0.25) is 0 Å². The summed E-state index contributed by atoms with van der Waals surface area (Å²) in [5, 5.41) is 0. The molecule has 2 aliphatic heterocycles. The van der Waals surface area contributed by atoms with E-state index in [1.807, 2.05) is 18.2 Å². The lowest BCUT2D eigenvalue weighted by Gasteiger charge is -2.31. The zero-order valence-electron chi connectivity index (χ0n) is 12.0. The minimum atomic E-state index is 0.488. The van der Waals surface area contributed by atoms with Crippen LogP contribution >= 0.6 is 15.9 Å². The predicted octanol–water partition coefficient (Wildman–Crippen LogP) is 3.39. The third-order valence-corrected chi connectivity index (χ3v) is 5.07. The minimum Gasteiger partial charge on any atom is -0.493 e. The standard InChI is InChI=1S/C16H22BrNO2/c1-12-15(17)4-2-5-16(12)19-9-3-8-18-10-13-6-7-14(11-18)20-13/h2,4-5,13-14H,3,6-11H2,1H3. The van der Waals surface area contributed by atoms with Gasteiger partial charge in [-0.15, -0.1) is 0 Å². The topological polar surface area (TPSA) is 21.7 Å². The monoisotopic (exact) mass is 339 g/mol. The van der Waals surface area contributed by atoms with Crippen LogP contribution in [0.4, 0.5) is 0 Å². The molecule has 2 unspecified atom stereocenters. The molecule has 0 N–H and O–H groups in total. The lowest BCUT2D eigenvalue weighted by Crippen LogP contribution is -2.43. The van der Waals surface area contributed by atoms with E-state index in [1.165, 1.54) is 18.4 Å². The summed E-state index contributed by atoms with van der Waals surface area (Å²) in [5.74, 6) is 0.987. The molecular formula is C16H22BrNO2. The van der Waals surface area contributed by atoms with Crippen LogP contribution in [0.3, 0.4) is 0 Å². The maximum atomic E-state index is 5.89. The molecule has 3 nitrogen and oxygen atoms in total. The Labute approximate surface area is 129 Å². The van der Waals surface area contributed by atoms with Gasteiger partial charge >= 0.3 is 0 Å². The Bertz CT molecular complexity index is 454. The van der Waals surface area contributed by atoms with E-state index in [2.05, 4.69) is 27.8 Å². The highest BCUT2D eigenvalue weighted by Crippen LogP contribution is 2.27. The highest BCUT2D eigenvalue weighted by Gasteiger charge is 2.33. The lowest BCUT2D eigenvalue weighted by atomic mass is 10.2. The number of rotatable bonds is 5. The van der Waals surface area contributed by atoms with Gasteiger partial charge in [-0.05, 0) is 38.3 Å². The van der Waals surface area contributed by atoms with Gasteiger partial charge in [0.1, 0.15) is 5.75 Å². The summed E-state index contributed by atoms with van der Waals surface area (Å²) < 4.78 is 12.9. The highest BCUT2D eigenvalue weighted by atomic mass is 79.9. The molecule has 0 spiro atoms. The summed E-state index contributed by atoms with van der Waals surface area (Å²) in [6.07, 6.45) is 4.54. The fourth-order valence-electron chi connectivity index (χ4n) is 3.10. The van der Waals surface area contributed by atoms with Crippen molar-refractivity contribution in [2.45, 2.75) is 38.4 Å². The van der Waals surface area contributed by atoms with Gasteiger partial charge in [0.15, 0.2) is 0 Å². The van der Waals surface area contributed by atoms with Gasteiger partial charge in [0, 0.05) is 29.7 Å². The Kier molecular flexibility index (Phi) is 4.64. The van der Waals surface area contributed by atoms with Crippen LogP contribution in [0.5, 0.6) is 5.75 Å². The van der Waals surface area contributed by atoms with Gasteiger partial charge in [0.25, 0.3) is 0 Å². The predicted molar refractivity (Wildman–Crippen MR) is 83.3 cm³/mol. The average Bonchev–Trinajstić information content (AvgIpc) is 2.78. The zero-order valence-corrected chi connectivity index (χ0v) is 13.6. The molecule has 4 heteroatoms. The maximum Gasteiger partial charge on any atom is 0.123 e. The average molecular weight is 340 g/mol. The molecule has 3 rings (SSSR count). The van der Waals surface area contributed by atoms with E-state index >= 15 is 0 Å². The van der Waals surface area contributed by atoms with Gasteiger partial charge < -0.3 is 9.47 Å². The Morgan fingerprint density at radius 1 is 1.30 bits per heavy atom. The SMILES string of the molecule is Cc1c(Br)cccc1OCCCN1CC2CCC(C1)O2. The van der Waals surface area contributed by atoms with Gasteiger partial charge in [-0.2, -0.15) is 0 Å². The molecule has 0 aliphatic carbocycles. The quantitative estimate of drug-likeness (QED) is 0.767. The van der Waals surface area contributed by atoms with Crippen LogP contribution in [0.25, 0.3) is 0 Å². The normalized spacial score (nSPS) is 25.9. The molecule has 0 amide bonds. The van der Waals surface area contributed by atoms with Gasteiger partial charge in [-0.25, -0.2) is 0 Å². The molecular weight excluding hydrogens is 318 g/mol. The number of nitrogens with zero attached hydrogens (tertiary/aromatic N) is 1. The molecule has 0 aromatic heterocycles. The van der Waals surface area contributed by atoms with Crippen molar-refractivity contribution < 1.29 is 9.47 Å². The third-order valence-electron chi connectivity index (χ3n) is 4.21. The van der Waals surface area contributed by atoms with Crippen molar-refractivity contribution in [1.82, 2.24) is 4.90 Å². The molecule has 20 heavy (non-hydrogen) atoms. The van der Waals surface area contributed by atoms with Crippen molar-refractivity contribution in [3.8, 4) is 5.75 Å². The van der Waals surface area contributed by atoms with Crippen molar-refractivity contribution in [1.29, 1.82) is 0 Å². The van der Waals surface area contributed by atoms with Crippen LogP contribution in [0.2, 0.25) is 0 Å². The van der Waals surface area contributed by atoms with Crippen molar-refractivity contribution in [2.24, 2.45) is 0 Å². The molecule has 0 saturated carbocycles. The third kappa shape index (κ3) is 3.35. The van der Waals surface area contributed by atoms with Crippen LogP contribution < -0.4 is 4.74 Å². The van der Waals surface area contributed by atoms with E-state index in [0.717, 1.165) is 42.9 Å². The number of benzene rings is 1. The van der Waals surface area contributed by atoms with E-state index in [9.17, 15) is 0 Å². The molecule has 1 aromatic rings. The number of hydrogen-bond acceptors (Lipinski definition) is 3. The molecule has 2 heterocycles. The van der Waals surface area contributed by atoms with Crippen molar-refractivity contribution >= 4 is 15.9 Å². The van der Waals surface area contributed by atoms with Crippen LogP contribution in [0, 0.1) is 6.92 Å². The number of halogens is 1. The second-order valence-electron chi connectivity index (χ2n) is 5.78. The molecule has 1 aromatic carbocycles. The van der Waals surface area contributed by atoms with Crippen molar-refractivity contribution in [2.75, 3.05) is 26.2 Å². The van der Waals surface area contributed by atoms with E-state index in [4.69, 9.17) is 9.47 Å². The Morgan fingerprint density at radius 3 is 2.80 bits per heavy atom. The molecule has 0 radical (unpaired) electrons. The summed E-state index contributed by atoms with van der Waals surface area (Å²) >= 11 is 3.54. The number of ether oxygens (including phenoxy) is 2. The van der Waals surface area contributed by atoms with Crippen molar-refractivity contribution in [3.63, 3.8) is 0 Å². The fraction of sp³-hybridized carbons (Fsp3) is 0.625. The lowest BCUT2D eigenvalue weighted by molar-refractivity contribution is -0.0391. The number of morpholine rings is 1. The fourth-order valence-corrected chi connectivity index (χ4v) is 3.44. The van der Waals surface area contributed by atoms with E-state index in [0.29, 0.717) is 12.2 Å². The Hall–Kier alpha value is -0.580. The summed E-state index contributed by atoms with van der Waals surface area (Å²) in [7, 11) is 0. The smallest absolute Gasteiger partial charge is 0.123 e. The first-order valence-electron chi connectivity index (χ1n) is 7.48.